The Hall–Kier alpha value is -2.31. The standard InChI is InChI=1S/C28H30N2O3/c1-26-8-6-19-13-21-24(31)25(32)22(29)14-27(21)9-10-28(19,33-27)23(26)5-4-20(26)17-3-2-16-7-11-30-15-18(16)12-17/h2-4,6-7,11-13,15,22-25,31-32H,5,8-10,14,29H2,1H3/t22-,23+,24+,25+,26+,27+,28+/m0/s1. The van der Waals surface area contributed by atoms with Crippen LogP contribution in [0.5, 0.6) is 0 Å². The normalized spacial score (nSPS) is 43.3. The van der Waals surface area contributed by atoms with Gasteiger partial charge in [0.25, 0.3) is 0 Å². The quantitative estimate of drug-likeness (QED) is 0.627. The fourth-order valence-electron chi connectivity index (χ4n) is 7.78. The number of nitrogens with two attached hydrogens (primary N) is 1. The summed E-state index contributed by atoms with van der Waals surface area (Å²) in [7, 11) is 0. The van der Waals surface area contributed by atoms with Gasteiger partial charge in [0, 0.05) is 35.2 Å². The molecule has 2 bridgehead atoms. The van der Waals surface area contributed by atoms with Crippen molar-refractivity contribution in [3.8, 4) is 0 Å². The maximum Gasteiger partial charge on any atom is 0.105 e. The van der Waals surface area contributed by atoms with E-state index in [0.29, 0.717) is 12.3 Å². The first-order valence-corrected chi connectivity index (χ1v) is 12.2. The smallest absolute Gasteiger partial charge is 0.105 e. The zero-order valence-electron chi connectivity index (χ0n) is 18.9. The van der Waals surface area contributed by atoms with Crippen LogP contribution in [0.25, 0.3) is 16.3 Å². The summed E-state index contributed by atoms with van der Waals surface area (Å²) in [6.45, 7) is 2.39. The molecule has 0 unspecified atom stereocenters. The summed E-state index contributed by atoms with van der Waals surface area (Å²) < 4.78 is 7.07. The predicted octanol–water partition coefficient (Wildman–Crippen LogP) is 3.66. The first-order valence-electron chi connectivity index (χ1n) is 12.2. The molecule has 170 valence electrons. The molecule has 5 nitrogen and oxygen atoms in total. The summed E-state index contributed by atoms with van der Waals surface area (Å²) in [4.78, 5) is 4.31. The molecule has 3 aliphatic carbocycles. The van der Waals surface area contributed by atoms with E-state index >= 15 is 0 Å². The molecule has 2 fully saturated rings. The summed E-state index contributed by atoms with van der Waals surface area (Å²) in [5, 5.41) is 23.6. The first-order chi connectivity index (χ1) is 15.9. The summed E-state index contributed by atoms with van der Waals surface area (Å²) in [6, 6.07) is 8.29. The van der Waals surface area contributed by atoms with Crippen LogP contribution in [0.4, 0.5) is 0 Å². The van der Waals surface area contributed by atoms with E-state index in [2.05, 4.69) is 54.4 Å². The Labute approximate surface area is 193 Å². The Bertz CT molecular complexity index is 1280. The molecule has 2 aromatic rings. The van der Waals surface area contributed by atoms with E-state index in [-0.39, 0.29) is 11.0 Å². The van der Waals surface area contributed by atoms with Gasteiger partial charge in [0.05, 0.1) is 17.3 Å². The van der Waals surface area contributed by atoms with Crippen molar-refractivity contribution in [1.82, 2.24) is 4.98 Å². The molecule has 1 aromatic carbocycles. The van der Waals surface area contributed by atoms with Crippen molar-refractivity contribution < 1.29 is 14.9 Å². The number of benzene rings is 1. The molecule has 5 aliphatic rings. The van der Waals surface area contributed by atoms with Crippen molar-refractivity contribution in [3.63, 3.8) is 0 Å². The van der Waals surface area contributed by atoms with Gasteiger partial charge in [-0.2, -0.15) is 0 Å². The van der Waals surface area contributed by atoms with E-state index in [1.165, 1.54) is 27.5 Å². The number of nitrogens with zero attached hydrogens (tertiary/aromatic N) is 1. The zero-order chi connectivity index (χ0) is 22.6. The Kier molecular flexibility index (Phi) is 3.91. The zero-order valence-corrected chi connectivity index (χ0v) is 18.9. The number of ether oxygens (including phenoxy) is 1. The Morgan fingerprint density at radius 1 is 1.12 bits per heavy atom. The number of fused-ring (bicyclic) bond motifs is 2. The highest BCUT2D eigenvalue weighted by atomic mass is 16.5. The predicted molar refractivity (Wildman–Crippen MR) is 127 cm³/mol. The van der Waals surface area contributed by atoms with Gasteiger partial charge in [0.2, 0.25) is 0 Å². The van der Waals surface area contributed by atoms with Crippen LogP contribution in [0.1, 0.15) is 44.6 Å². The van der Waals surface area contributed by atoms with Gasteiger partial charge in [0.1, 0.15) is 6.10 Å². The highest BCUT2D eigenvalue weighted by molar-refractivity contribution is 5.87. The first kappa shape index (κ1) is 20.1. The molecule has 1 saturated carbocycles. The lowest BCUT2D eigenvalue weighted by atomic mass is 9.58. The van der Waals surface area contributed by atoms with Gasteiger partial charge in [-0.3, -0.25) is 4.98 Å². The van der Waals surface area contributed by atoms with Gasteiger partial charge in [-0.15, -0.1) is 0 Å². The second kappa shape index (κ2) is 6.42. The lowest BCUT2D eigenvalue weighted by molar-refractivity contribution is -0.151. The SMILES string of the molecule is C[C@]12CC=C3C=C4[C@@H](O)[C@H](O)[C@@H](N)C[C@]45CC[C@]3(O5)[C@@H]1CC=C2c1ccc2ccncc2c1. The van der Waals surface area contributed by atoms with Gasteiger partial charge in [0.15, 0.2) is 0 Å². The van der Waals surface area contributed by atoms with Crippen LogP contribution in [0, 0.1) is 11.3 Å². The average molecular weight is 443 g/mol. The van der Waals surface area contributed by atoms with Crippen molar-refractivity contribution in [1.29, 1.82) is 0 Å². The van der Waals surface area contributed by atoms with Crippen molar-refractivity contribution in [2.45, 2.75) is 68.5 Å². The molecule has 2 spiro atoms. The Morgan fingerprint density at radius 3 is 2.88 bits per heavy atom. The molecule has 7 atom stereocenters. The molecule has 2 aliphatic heterocycles. The molecule has 0 radical (unpaired) electrons. The summed E-state index contributed by atoms with van der Waals surface area (Å²) in [6.07, 6.45) is 13.0. The highest BCUT2D eigenvalue weighted by Crippen LogP contribution is 2.67. The number of hydrogen-bond acceptors (Lipinski definition) is 5. The number of rotatable bonds is 1. The molecule has 33 heavy (non-hydrogen) atoms. The van der Waals surface area contributed by atoms with Crippen molar-refractivity contribution in [3.05, 3.63) is 71.6 Å². The van der Waals surface area contributed by atoms with E-state index in [0.717, 1.165) is 31.3 Å². The van der Waals surface area contributed by atoms with E-state index in [1.807, 2.05) is 12.4 Å². The number of aromatic nitrogens is 1. The van der Waals surface area contributed by atoms with Gasteiger partial charge in [-0.1, -0.05) is 37.3 Å². The van der Waals surface area contributed by atoms with E-state index in [4.69, 9.17) is 10.5 Å². The monoisotopic (exact) mass is 442 g/mol. The number of aliphatic hydroxyl groups is 2. The van der Waals surface area contributed by atoms with Gasteiger partial charge in [-0.05, 0) is 71.9 Å². The Morgan fingerprint density at radius 2 is 2.00 bits per heavy atom. The van der Waals surface area contributed by atoms with Crippen LogP contribution in [0.3, 0.4) is 0 Å². The molecule has 1 saturated heterocycles. The number of aliphatic hydroxyl groups excluding tert-OH is 2. The van der Waals surface area contributed by atoms with Crippen molar-refractivity contribution >= 4 is 16.3 Å². The average Bonchev–Trinajstić information content (AvgIpc) is 3.33. The summed E-state index contributed by atoms with van der Waals surface area (Å²) >= 11 is 0. The van der Waals surface area contributed by atoms with Crippen LogP contribution < -0.4 is 5.73 Å². The molecule has 7 rings (SSSR count). The topological polar surface area (TPSA) is 88.6 Å². The third-order valence-corrected chi connectivity index (χ3v) is 9.45. The summed E-state index contributed by atoms with van der Waals surface area (Å²) in [5.74, 6) is 0.335. The number of hydrogen-bond donors (Lipinski definition) is 3. The minimum Gasteiger partial charge on any atom is -0.388 e. The van der Waals surface area contributed by atoms with Crippen LogP contribution in [0.15, 0.2) is 66.0 Å². The molecule has 3 heterocycles. The molecular weight excluding hydrogens is 412 g/mol. The lowest BCUT2D eigenvalue weighted by Crippen LogP contribution is -2.61. The number of allylic oxidation sites excluding steroid dienone is 3. The molecule has 4 N–H and O–H groups in total. The maximum atomic E-state index is 10.8. The van der Waals surface area contributed by atoms with Crippen LogP contribution in [-0.4, -0.2) is 44.6 Å². The fourth-order valence-corrected chi connectivity index (χ4v) is 7.78. The molecule has 0 amide bonds. The van der Waals surface area contributed by atoms with Crippen molar-refractivity contribution in [2.24, 2.45) is 17.1 Å². The van der Waals surface area contributed by atoms with Gasteiger partial charge >= 0.3 is 0 Å². The highest BCUT2D eigenvalue weighted by Gasteiger charge is 2.66. The largest absolute Gasteiger partial charge is 0.388 e. The second-order valence-electron chi connectivity index (χ2n) is 11.0. The third-order valence-electron chi connectivity index (χ3n) is 9.45. The maximum absolute atomic E-state index is 10.8. The van der Waals surface area contributed by atoms with Crippen LogP contribution in [-0.2, 0) is 4.74 Å². The van der Waals surface area contributed by atoms with Crippen molar-refractivity contribution in [2.75, 3.05) is 0 Å². The lowest BCUT2D eigenvalue weighted by Gasteiger charge is -2.55. The summed E-state index contributed by atoms with van der Waals surface area (Å²) in [5.41, 5.74) is 10.0. The second-order valence-corrected chi connectivity index (χ2v) is 11.0. The molecule has 1 aromatic heterocycles. The minimum atomic E-state index is -0.956. The van der Waals surface area contributed by atoms with E-state index < -0.39 is 23.9 Å². The fraction of sp³-hybridized carbons (Fsp3) is 0.464. The van der Waals surface area contributed by atoms with Crippen LogP contribution in [0.2, 0.25) is 0 Å². The number of pyridine rings is 1. The molecule has 5 heteroatoms. The Balaban J connectivity index is 1.32. The van der Waals surface area contributed by atoms with Crippen LogP contribution >= 0.6 is 0 Å². The third kappa shape index (κ3) is 2.43. The van der Waals surface area contributed by atoms with Gasteiger partial charge in [-0.25, -0.2) is 0 Å². The van der Waals surface area contributed by atoms with Gasteiger partial charge < -0.3 is 20.7 Å². The van der Waals surface area contributed by atoms with E-state index in [1.54, 1.807) is 0 Å². The molecular formula is C28H30N2O3. The van der Waals surface area contributed by atoms with E-state index in [9.17, 15) is 10.2 Å². The minimum absolute atomic E-state index is 0.0226.